The SMILES string of the molecule is Cc1csc(CNC(=O)c2ccc(F)c(F)c2F)n1. The highest BCUT2D eigenvalue weighted by molar-refractivity contribution is 7.09. The molecule has 1 aromatic heterocycles. The average Bonchev–Trinajstić information content (AvgIpc) is 2.79. The molecular formula is C12H9F3N2OS. The molecule has 3 nitrogen and oxygen atoms in total. The van der Waals surface area contributed by atoms with Crippen LogP contribution in [0.15, 0.2) is 17.5 Å². The first-order valence-electron chi connectivity index (χ1n) is 5.31. The molecule has 0 saturated carbocycles. The van der Waals surface area contributed by atoms with Gasteiger partial charge >= 0.3 is 0 Å². The van der Waals surface area contributed by atoms with Crippen molar-refractivity contribution in [1.29, 1.82) is 0 Å². The number of hydrogen-bond donors (Lipinski definition) is 1. The molecule has 1 heterocycles. The summed E-state index contributed by atoms with van der Waals surface area (Å²) in [5, 5.41) is 4.85. The number of benzene rings is 1. The van der Waals surface area contributed by atoms with Gasteiger partial charge in [-0.15, -0.1) is 11.3 Å². The first-order valence-corrected chi connectivity index (χ1v) is 6.19. The Kier molecular flexibility index (Phi) is 3.84. The van der Waals surface area contributed by atoms with Gasteiger partial charge in [-0.05, 0) is 19.1 Å². The van der Waals surface area contributed by atoms with Crippen LogP contribution in [-0.2, 0) is 6.54 Å². The summed E-state index contributed by atoms with van der Waals surface area (Å²) in [5.74, 6) is -5.29. The van der Waals surface area contributed by atoms with Crippen molar-refractivity contribution in [2.45, 2.75) is 13.5 Å². The highest BCUT2D eigenvalue weighted by Crippen LogP contribution is 2.15. The third-order valence-electron chi connectivity index (χ3n) is 2.35. The van der Waals surface area contributed by atoms with Gasteiger partial charge in [0.25, 0.3) is 5.91 Å². The number of hydrogen-bond acceptors (Lipinski definition) is 3. The molecule has 2 rings (SSSR count). The zero-order valence-corrected chi connectivity index (χ0v) is 10.7. The zero-order valence-electron chi connectivity index (χ0n) is 9.84. The lowest BCUT2D eigenvalue weighted by atomic mass is 10.2. The first-order chi connectivity index (χ1) is 8.99. The molecule has 0 bridgehead atoms. The van der Waals surface area contributed by atoms with Crippen LogP contribution < -0.4 is 5.32 Å². The van der Waals surface area contributed by atoms with Crippen LogP contribution >= 0.6 is 11.3 Å². The van der Waals surface area contributed by atoms with Gasteiger partial charge in [0.15, 0.2) is 17.5 Å². The van der Waals surface area contributed by atoms with Gasteiger partial charge in [0.2, 0.25) is 0 Å². The predicted octanol–water partition coefficient (Wildman–Crippen LogP) is 2.80. The number of thiazole rings is 1. The standard InChI is InChI=1S/C12H9F3N2OS/c1-6-5-19-9(17-6)4-16-12(18)7-2-3-8(13)11(15)10(7)14/h2-3,5H,4H2,1H3,(H,16,18). The summed E-state index contributed by atoms with van der Waals surface area (Å²) in [6, 6.07) is 1.61. The Morgan fingerprint density at radius 2 is 2.05 bits per heavy atom. The van der Waals surface area contributed by atoms with E-state index in [9.17, 15) is 18.0 Å². The largest absolute Gasteiger partial charge is 0.345 e. The molecule has 100 valence electrons. The fourth-order valence-electron chi connectivity index (χ4n) is 1.44. The molecule has 19 heavy (non-hydrogen) atoms. The van der Waals surface area contributed by atoms with E-state index in [1.54, 1.807) is 12.3 Å². The Morgan fingerprint density at radius 1 is 1.32 bits per heavy atom. The van der Waals surface area contributed by atoms with Crippen molar-refractivity contribution in [3.63, 3.8) is 0 Å². The second-order valence-corrected chi connectivity index (χ2v) is 4.73. The van der Waals surface area contributed by atoms with Gasteiger partial charge < -0.3 is 5.32 Å². The molecule has 0 fully saturated rings. The first kappa shape index (κ1) is 13.5. The van der Waals surface area contributed by atoms with Crippen molar-refractivity contribution in [3.8, 4) is 0 Å². The van der Waals surface area contributed by atoms with Crippen molar-refractivity contribution >= 4 is 17.2 Å². The van der Waals surface area contributed by atoms with E-state index in [4.69, 9.17) is 0 Å². The van der Waals surface area contributed by atoms with Crippen molar-refractivity contribution in [3.05, 3.63) is 51.2 Å². The van der Waals surface area contributed by atoms with Crippen molar-refractivity contribution in [2.75, 3.05) is 0 Å². The Morgan fingerprint density at radius 3 is 2.68 bits per heavy atom. The Bertz CT molecular complexity index is 627. The highest BCUT2D eigenvalue weighted by atomic mass is 32.1. The molecule has 0 aliphatic carbocycles. The molecule has 1 amide bonds. The number of nitrogens with one attached hydrogen (secondary N) is 1. The summed E-state index contributed by atoms with van der Waals surface area (Å²) < 4.78 is 39.1. The van der Waals surface area contributed by atoms with Crippen LogP contribution in [0.1, 0.15) is 21.1 Å². The lowest BCUT2D eigenvalue weighted by molar-refractivity contribution is 0.0945. The minimum Gasteiger partial charge on any atom is -0.345 e. The van der Waals surface area contributed by atoms with Crippen LogP contribution in [0.4, 0.5) is 13.2 Å². The van der Waals surface area contributed by atoms with Crippen LogP contribution in [0.25, 0.3) is 0 Å². The molecule has 0 spiro atoms. The topological polar surface area (TPSA) is 42.0 Å². The molecule has 7 heteroatoms. The normalized spacial score (nSPS) is 10.5. The minimum absolute atomic E-state index is 0.107. The van der Waals surface area contributed by atoms with Crippen molar-refractivity contribution < 1.29 is 18.0 Å². The number of rotatable bonds is 3. The third-order valence-corrected chi connectivity index (χ3v) is 3.31. The number of aryl methyl sites for hydroxylation is 1. The van der Waals surface area contributed by atoms with Crippen LogP contribution in [-0.4, -0.2) is 10.9 Å². The Labute approximate surface area is 111 Å². The van der Waals surface area contributed by atoms with E-state index in [0.717, 1.165) is 11.8 Å². The van der Waals surface area contributed by atoms with Gasteiger partial charge in [-0.1, -0.05) is 0 Å². The third kappa shape index (κ3) is 2.93. The second kappa shape index (κ2) is 5.40. The minimum atomic E-state index is -1.65. The monoisotopic (exact) mass is 286 g/mol. The van der Waals surface area contributed by atoms with E-state index in [0.29, 0.717) is 11.1 Å². The van der Waals surface area contributed by atoms with Gasteiger partial charge in [-0.2, -0.15) is 0 Å². The number of carbonyl (C=O) groups excluding carboxylic acids is 1. The summed E-state index contributed by atoms with van der Waals surface area (Å²) in [4.78, 5) is 15.8. The van der Waals surface area contributed by atoms with Crippen molar-refractivity contribution in [2.24, 2.45) is 0 Å². The smallest absolute Gasteiger partial charge is 0.254 e. The molecule has 0 unspecified atom stereocenters. The summed E-state index contributed by atoms with van der Waals surface area (Å²) in [5.41, 5.74) is 0.278. The summed E-state index contributed by atoms with van der Waals surface area (Å²) in [6.07, 6.45) is 0. The molecular weight excluding hydrogens is 277 g/mol. The maximum absolute atomic E-state index is 13.4. The molecule has 1 aromatic carbocycles. The molecule has 0 radical (unpaired) electrons. The number of halogens is 3. The average molecular weight is 286 g/mol. The summed E-state index contributed by atoms with van der Waals surface area (Å²) in [7, 11) is 0. The fourth-order valence-corrected chi connectivity index (χ4v) is 2.15. The number of nitrogens with zero attached hydrogens (tertiary/aromatic N) is 1. The zero-order chi connectivity index (χ0) is 14.0. The van der Waals surface area contributed by atoms with Gasteiger partial charge in [-0.3, -0.25) is 4.79 Å². The van der Waals surface area contributed by atoms with E-state index in [-0.39, 0.29) is 6.54 Å². The van der Waals surface area contributed by atoms with E-state index >= 15 is 0 Å². The Balaban J connectivity index is 2.10. The molecule has 0 aliphatic heterocycles. The van der Waals surface area contributed by atoms with Crippen LogP contribution in [0, 0.1) is 24.4 Å². The van der Waals surface area contributed by atoms with Gasteiger partial charge in [0, 0.05) is 11.1 Å². The molecule has 0 aliphatic rings. The fraction of sp³-hybridized carbons (Fsp3) is 0.167. The van der Waals surface area contributed by atoms with Gasteiger partial charge in [-0.25, -0.2) is 18.2 Å². The number of aromatic nitrogens is 1. The van der Waals surface area contributed by atoms with Crippen LogP contribution in [0.5, 0.6) is 0 Å². The molecule has 1 N–H and O–H groups in total. The second-order valence-electron chi connectivity index (χ2n) is 3.79. The molecule has 2 aromatic rings. The number of carbonyl (C=O) groups is 1. The summed E-state index contributed by atoms with van der Waals surface area (Å²) in [6.45, 7) is 1.91. The van der Waals surface area contributed by atoms with Crippen LogP contribution in [0.3, 0.4) is 0 Å². The maximum atomic E-state index is 13.4. The number of amides is 1. The lowest BCUT2D eigenvalue weighted by Crippen LogP contribution is -2.24. The van der Waals surface area contributed by atoms with E-state index < -0.39 is 28.9 Å². The van der Waals surface area contributed by atoms with Gasteiger partial charge in [0.1, 0.15) is 5.01 Å². The van der Waals surface area contributed by atoms with Crippen molar-refractivity contribution in [1.82, 2.24) is 10.3 Å². The molecule has 0 saturated heterocycles. The Hall–Kier alpha value is -1.89. The predicted molar refractivity (Wildman–Crippen MR) is 64.3 cm³/mol. The van der Waals surface area contributed by atoms with Gasteiger partial charge in [0.05, 0.1) is 12.1 Å². The summed E-state index contributed by atoms with van der Waals surface area (Å²) >= 11 is 1.34. The lowest BCUT2D eigenvalue weighted by Gasteiger charge is -2.05. The van der Waals surface area contributed by atoms with E-state index in [1.165, 1.54) is 11.3 Å². The molecule has 0 atom stereocenters. The quantitative estimate of drug-likeness (QED) is 0.882. The van der Waals surface area contributed by atoms with E-state index in [2.05, 4.69) is 10.3 Å². The highest BCUT2D eigenvalue weighted by Gasteiger charge is 2.18. The maximum Gasteiger partial charge on any atom is 0.254 e. The van der Waals surface area contributed by atoms with Crippen LogP contribution in [0.2, 0.25) is 0 Å². The van der Waals surface area contributed by atoms with E-state index in [1.807, 2.05) is 0 Å².